The van der Waals surface area contributed by atoms with Crippen LogP contribution in [0.5, 0.6) is 0 Å². The molecule has 0 aliphatic carbocycles. The zero-order valence-corrected chi connectivity index (χ0v) is 21.8. The summed E-state index contributed by atoms with van der Waals surface area (Å²) in [4.78, 5) is 26.2. The first-order chi connectivity index (χ1) is 16.3. The Hall–Kier alpha value is -1.80. The Bertz CT molecular complexity index is 857. The smallest absolute Gasteiger partial charge is 0.309 e. The largest absolute Gasteiger partial charge is 0.457 e. The Kier molecular flexibility index (Phi) is 8.79. The van der Waals surface area contributed by atoms with Crippen LogP contribution < -0.4 is 0 Å². The third kappa shape index (κ3) is 6.31. The molecule has 3 fully saturated rings. The van der Waals surface area contributed by atoms with Gasteiger partial charge in [0.1, 0.15) is 6.10 Å². The lowest BCUT2D eigenvalue weighted by molar-refractivity contribution is -0.226. The number of fused-ring (bicyclic) bond motifs is 4. The first kappa shape index (κ1) is 27.8. The highest BCUT2D eigenvalue weighted by atomic mass is 16.6. The third-order valence-corrected chi connectivity index (χ3v) is 7.74. The van der Waals surface area contributed by atoms with Gasteiger partial charge in [0.25, 0.3) is 0 Å². The lowest BCUT2D eigenvalue weighted by Gasteiger charge is -2.39. The van der Waals surface area contributed by atoms with E-state index in [0.29, 0.717) is 12.3 Å². The number of carbonyl (C=O) groups is 2. The molecule has 0 saturated carbocycles. The maximum atomic E-state index is 13.2. The maximum Gasteiger partial charge on any atom is 0.309 e. The van der Waals surface area contributed by atoms with Crippen molar-refractivity contribution in [2.45, 2.75) is 104 Å². The number of ketones is 1. The minimum atomic E-state index is -1.94. The molecule has 3 aliphatic rings. The monoisotopic (exact) mass is 490 g/mol. The van der Waals surface area contributed by atoms with Crippen LogP contribution in [0.1, 0.15) is 67.2 Å². The molecule has 8 atom stereocenters. The summed E-state index contributed by atoms with van der Waals surface area (Å²) < 4.78 is 18.1. The van der Waals surface area contributed by atoms with E-state index >= 15 is 0 Å². The number of esters is 1. The number of ether oxygens (including phenoxy) is 3. The fraction of sp³-hybridized carbons (Fsp3) is 0.714. The molecule has 3 heterocycles. The molecule has 3 rings (SSSR count). The summed E-state index contributed by atoms with van der Waals surface area (Å²) in [5, 5.41) is 21.8. The third-order valence-electron chi connectivity index (χ3n) is 7.74. The molecule has 3 aliphatic heterocycles. The summed E-state index contributed by atoms with van der Waals surface area (Å²) in [5.74, 6) is -3.11. The van der Waals surface area contributed by atoms with Crippen LogP contribution in [0, 0.1) is 23.2 Å². The fourth-order valence-corrected chi connectivity index (χ4v) is 5.09. The second-order valence-corrected chi connectivity index (χ2v) is 11.4. The van der Waals surface area contributed by atoms with E-state index < -0.39 is 59.4 Å². The van der Waals surface area contributed by atoms with E-state index in [1.54, 1.807) is 6.92 Å². The van der Waals surface area contributed by atoms with Gasteiger partial charge in [-0.2, -0.15) is 0 Å². The Labute approximate surface area is 209 Å². The highest BCUT2D eigenvalue weighted by Crippen LogP contribution is 2.46. The number of rotatable bonds is 4. The minimum Gasteiger partial charge on any atom is -0.457 e. The number of aliphatic hydroxyl groups excluding tert-OH is 1. The van der Waals surface area contributed by atoms with Gasteiger partial charge in [0.2, 0.25) is 5.79 Å². The number of Topliss-reactive ketones (excluding diaryl/α,β-unsaturated/α-hetero) is 1. The molecule has 0 amide bonds. The molecule has 0 unspecified atom stereocenters. The van der Waals surface area contributed by atoms with Crippen LogP contribution >= 0.6 is 0 Å². The standard InChI is InChI=1S/C28H42O7/c1-17(2)11-9-7-8-10-12-24-27(5,6)25-13-18(3)28(32,35-25)23(30)15-20-14-21(29)19(4)22(33-20)16-26(31)34-24/h7-12,17-22,24-25,29,32H,13-16H2,1-6H3/b8-7+,11-9+,12-10+/t18-,19-,20+,21+,22+,24-,25-,28+/m1/s1. The molecule has 4 bridgehead atoms. The van der Waals surface area contributed by atoms with Crippen LogP contribution in [0.4, 0.5) is 0 Å². The van der Waals surface area contributed by atoms with E-state index in [1.165, 1.54) is 0 Å². The van der Waals surface area contributed by atoms with Gasteiger partial charge >= 0.3 is 5.97 Å². The first-order valence-electron chi connectivity index (χ1n) is 12.8. The Morgan fingerprint density at radius 2 is 1.71 bits per heavy atom. The molecule has 7 nitrogen and oxygen atoms in total. The van der Waals surface area contributed by atoms with Crippen molar-refractivity contribution < 1.29 is 34.0 Å². The fourth-order valence-electron chi connectivity index (χ4n) is 5.09. The van der Waals surface area contributed by atoms with Crippen molar-refractivity contribution in [1.82, 2.24) is 0 Å². The van der Waals surface area contributed by atoms with Crippen LogP contribution in [0.15, 0.2) is 36.5 Å². The quantitative estimate of drug-likeness (QED) is 0.455. The summed E-state index contributed by atoms with van der Waals surface area (Å²) in [7, 11) is 0. The van der Waals surface area contributed by atoms with E-state index in [9.17, 15) is 19.8 Å². The van der Waals surface area contributed by atoms with Gasteiger partial charge in [-0.1, -0.05) is 71.9 Å². The van der Waals surface area contributed by atoms with Crippen LogP contribution in [0.3, 0.4) is 0 Å². The van der Waals surface area contributed by atoms with Crippen molar-refractivity contribution in [3.05, 3.63) is 36.5 Å². The van der Waals surface area contributed by atoms with Crippen LogP contribution in [0.2, 0.25) is 0 Å². The predicted molar refractivity (Wildman–Crippen MR) is 132 cm³/mol. The minimum absolute atomic E-state index is 0.0253. The Morgan fingerprint density at radius 1 is 1.03 bits per heavy atom. The van der Waals surface area contributed by atoms with E-state index in [2.05, 4.69) is 19.9 Å². The molecule has 196 valence electrons. The zero-order chi connectivity index (χ0) is 26.0. The summed E-state index contributed by atoms with van der Waals surface area (Å²) in [6, 6.07) is 0. The van der Waals surface area contributed by atoms with Crippen molar-refractivity contribution in [3.8, 4) is 0 Å². The SMILES string of the molecule is CC(C)/C=C/C=C/C=C/[C@H]1OC(=O)C[C@@H]2O[C@H](CC(=O)[C@@]3(O)O[C@H](C[C@H]3C)C1(C)C)C[C@H](O)[C@H]2C. The lowest BCUT2D eigenvalue weighted by Crippen LogP contribution is -2.49. The van der Waals surface area contributed by atoms with Crippen LogP contribution in [0.25, 0.3) is 0 Å². The number of allylic oxidation sites excluding steroid dienone is 5. The number of cyclic esters (lactones) is 1. The molecule has 0 radical (unpaired) electrons. The second-order valence-electron chi connectivity index (χ2n) is 11.4. The summed E-state index contributed by atoms with van der Waals surface area (Å²) >= 11 is 0. The van der Waals surface area contributed by atoms with Gasteiger partial charge in [-0.05, 0) is 18.4 Å². The number of aliphatic hydroxyl groups is 2. The van der Waals surface area contributed by atoms with Crippen molar-refractivity contribution in [3.63, 3.8) is 0 Å². The number of hydrogen-bond acceptors (Lipinski definition) is 7. The number of hydrogen-bond donors (Lipinski definition) is 2. The molecule has 7 heteroatoms. The average Bonchev–Trinajstić information content (AvgIpc) is 3.08. The van der Waals surface area contributed by atoms with Gasteiger partial charge in [0, 0.05) is 30.1 Å². The maximum absolute atomic E-state index is 13.2. The lowest BCUT2D eigenvalue weighted by atomic mass is 9.77. The van der Waals surface area contributed by atoms with Crippen molar-refractivity contribution in [2.75, 3.05) is 0 Å². The van der Waals surface area contributed by atoms with Crippen LogP contribution in [-0.2, 0) is 23.8 Å². The molecule has 0 aromatic heterocycles. The predicted octanol–water partition coefficient (Wildman–Crippen LogP) is 3.88. The highest BCUT2D eigenvalue weighted by Gasteiger charge is 2.56. The van der Waals surface area contributed by atoms with Crippen molar-refractivity contribution >= 4 is 11.8 Å². The Morgan fingerprint density at radius 3 is 2.40 bits per heavy atom. The molecule has 3 saturated heterocycles. The van der Waals surface area contributed by atoms with Gasteiger partial charge in [0.05, 0.1) is 30.8 Å². The van der Waals surface area contributed by atoms with Gasteiger partial charge in [0.15, 0.2) is 5.78 Å². The van der Waals surface area contributed by atoms with Gasteiger partial charge < -0.3 is 24.4 Å². The van der Waals surface area contributed by atoms with Crippen molar-refractivity contribution in [1.29, 1.82) is 0 Å². The topological polar surface area (TPSA) is 102 Å². The summed E-state index contributed by atoms with van der Waals surface area (Å²) in [5.41, 5.74) is -0.720. The molecule has 2 N–H and O–H groups in total. The molecule has 35 heavy (non-hydrogen) atoms. The number of carbonyl (C=O) groups excluding carboxylic acids is 2. The van der Waals surface area contributed by atoms with E-state index in [-0.39, 0.29) is 25.2 Å². The van der Waals surface area contributed by atoms with Crippen molar-refractivity contribution in [2.24, 2.45) is 23.2 Å². The molecule has 0 aromatic rings. The molecule has 0 aromatic carbocycles. The van der Waals surface area contributed by atoms with E-state index in [1.807, 2.05) is 51.2 Å². The molecule has 0 spiro atoms. The van der Waals surface area contributed by atoms with E-state index in [0.717, 1.165) is 0 Å². The van der Waals surface area contributed by atoms with E-state index in [4.69, 9.17) is 14.2 Å². The Balaban J connectivity index is 1.93. The highest BCUT2D eigenvalue weighted by molar-refractivity contribution is 5.86. The second kappa shape index (κ2) is 11.1. The summed E-state index contributed by atoms with van der Waals surface area (Å²) in [6.07, 6.45) is 9.00. The van der Waals surface area contributed by atoms with Crippen LogP contribution in [-0.4, -0.2) is 58.3 Å². The molecular formula is C28H42O7. The molecular weight excluding hydrogens is 448 g/mol. The van der Waals surface area contributed by atoms with Gasteiger partial charge in [-0.15, -0.1) is 0 Å². The van der Waals surface area contributed by atoms with Gasteiger partial charge in [-0.25, -0.2) is 0 Å². The zero-order valence-electron chi connectivity index (χ0n) is 21.8. The summed E-state index contributed by atoms with van der Waals surface area (Å²) in [6.45, 7) is 11.7. The normalized spacial score (nSPS) is 40.8. The van der Waals surface area contributed by atoms with Gasteiger partial charge in [-0.3, -0.25) is 9.59 Å². The first-order valence-corrected chi connectivity index (χ1v) is 12.8. The average molecular weight is 491 g/mol.